The van der Waals surface area contributed by atoms with Crippen LogP contribution in [-0.2, 0) is 18.0 Å². The van der Waals surface area contributed by atoms with E-state index in [-0.39, 0.29) is 27.7 Å². The van der Waals surface area contributed by atoms with E-state index in [1.54, 1.807) is 11.2 Å². The first kappa shape index (κ1) is 34.6. The van der Waals surface area contributed by atoms with Crippen LogP contribution in [0.25, 0.3) is 0 Å². The van der Waals surface area contributed by atoms with Gasteiger partial charge in [0.15, 0.2) is 15.6 Å². The lowest BCUT2D eigenvalue weighted by Gasteiger charge is -2.48. The Morgan fingerprint density at radius 3 is 1.54 bits per heavy atom. The highest BCUT2D eigenvalue weighted by Crippen LogP contribution is 2.52. The normalized spacial score (nSPS) is 16.9. The van der Waals surface area contributed by atoms with Crippen molar-refractivity contribution in [3.05, 3.63) is 0 Å². The highest BCUT2D eigenvalue weighted by atomic mass is 31.2. The molecule has 0 aliphatic rings. The molecule has 208 valence electrons. The molecule has 2 atom stereocenters. The van der Waals surface area contributed by atoms with Gasteiger partial charge in [0.25, 0.3) is 8.32 Å². The van der Waals surface area contributed by atoms with Gasteiger partial charge in [-0.15, -0.1) is 0 Å². The maximum Gasteiger partial charge on any atom is 0.314 e. The molecular formula is C24H55N2O5PSi3. The summed E-state index contributed by atoms with van der Waals surface area (Å²) in [7, 11) is -10.4. The van der Waals surface area contributed by atoms with Gasteiger partial charge in [-0.05, 0) is 47.7 Å². The van der Waals surface area contributed by atoms with Crippen molar-refractivity contribution in [1.82, 2.24) is 4.57 Å². The second-order valence-electron chi connectivity index (χ2n) is 14.6. The lowest BCUT2D eigenvalue weighted by Crippen LogP contribution is -2.65. The number of nitrogens with zero attached hydrogens (tertiary/aromatic N) is 1. The van der Waals surface area contributed by atoms with Crippen molar-refractivity contribution in [2.45, 2.75) is 129 Å². The molecule has 35 heavy (non-hydrogen) atoms. The zero-order valence-electron chi connectivity index (χ0n) is 25.5. The van der Waals surface area contributed by atoms with E-state index in [1.807, 2.05) is 26.2 Å². The monoisotopic (exact) mass is 566 g/mol. The predicted octanol–water partition coefficient (Wildman–Crippen LogP) is 7.61. The van der Waals surface area contributed by atoms with Crippen LogP contribution in [0.4, 0.5) is 4.79 Å². The average molecular weight is 567 g/mol. The molecule has 0 aromatic carbocycles. The summed E-state index contributed by atoms with van der Waals surface area (Å²) in [6.07, 6.45) is 0.362. The summed E-state index contributed by atoms with van der Waals surface area (Å²) in [5, 5.41) is -0.530. The minimum atomic E-state index is -3.05. The van der Waals surface area contributed by atoms with Crippen molar-refractivity contribution in [1.29, 1.82) is 0 Å². The van der Waals surface area contributed by atoms with Crippen molar-refractivity contribution < 1.29 is 22.8 Å². The Labute approximate surface area is 219 Å². The lowest BCUT2D eigenvalue weighted by molar-refractivity contribution is -0.139. The number of rotatable bonds is 9. The Morgan fingerprint density at radius 1 is 0.829 bits per heavy atom. The van der Waals surface area contributed by atoms with Gasteiger partial charge in [0.2, 0.25) is 8.32 Å². The molecule has 2 N–H and O–H groups in total. The number of nitrogens with two attached hydrogens (primary N) is 1. The van der Waals surface area contributed by atoms with Gasteiger partial charge in [0.05, 0.1) is 0 Å². The van der Waals surface area contributed by atoms with E-state index in [0.29, 0.717) is 0 Å². The molecule has 0 radical (unpaired) electrons. The zero-order chi connectivity index (χ0) is 28.6. The molecule has 0 saturated heterocycles. The number of primary amides is 1. The summed E-state index contributed by atoms with van der Waals surface area (Å²) in [5.41, 5.74) is 5.94. The Balaban J connectivity index is 6.41. The smallest absolute Gasteiger partial charge is 0.314 e. The fourth-order valence-corrected chi connectivity index (χ4v) is 12.3. The standard InChI is InChI=1S/C24H55N2O5PSi3/c1-22(2,3)33(11,12)26(21(25)28)19(20(27)30-34(13,14)23(4,5)6)17-18-32(10,29)31-35(15,16)24(7,8)9/h19H,17-18H2,1-16H3,(H2,25,28). The van der Waals surface area contributed by atoms with E-state index >= 15 is 0 Å². The highest BCUT2D eigenvalue weighted by Gasteiger charge is 2.51. The van der Waals surface area contributed by atoms with Crippen molar-refractivity contribution in [3.8, 4) is 0 Å². The van der Waals surface area contributed by atoms with E-state index in [4.69, 9.17) is 14.4 Å². The Bertz CT molecular complexity index is 824. The zero-order valence-corrected chi connectivity index (χ0v) is 29.4. The van der Waals surface area contributed by atoms with Crippen LogP contribution in [0, 0.1) is 0 Å². The molecule has 2 unspecified atom stereocenters. The molecule has 0 rings (SSSR count). The van der Waals surface area contributed by atoms with Gasteiger partial charge in [-0.2, -0.15) is 0 Å². The van der Waals surface area contributed by atoms with Crippen molar-refractivity contribution in [2.24, 2.45) is 5.73 Å². The second-order valence-corrected chi connectivity index (χ2v) is 32.1. The van der Waals surface area contributed by atoms with Gasteiger partial charge in [-0.1, -0.05) is 75.4 Å². The SMILES string of the molecule is CC(C)(C)[Si](C)(C)OC(=O)C(CCP(C)(=O)O[Si](C)(C)C(C)(C)C)N(C(N)=O)[Si](C)(C)C(C)(C)C. The minimum absolute atomic E-state index is 0.0975. The summed E-state index contributed by atoms with van der Waals surface area (Å²) in [6.45, 7) is 32.6. The van der Waals surface area contributed by atoms with Crippen LogP contribution >= 0.6 is 7.37 Å². The van der Waals surface area contributed by atoms with E-state index in [1.165, 1.54) is 0 Å². The third-order valence-electron chi connectivity index (χ3n) is 8.46. The van der Waals surface area contributed by atoms with Crippen LogP contribution in [0.1, 0.15) is 68.7 Å². The molecule has 0 aliphatic carbocycles. The first-order valence-corrected chi connectivity index (χ1v) is 23.6. The number of amides is 2. The highest BCUT2D eigenvalue weighted by molar-refractivity contribution is 7.59. The maximum atomic E-state index is 13.7. The van der Waals surface area contributed by atoms with Crippen LogP contribution < -0.4 is 5.73 Å². The number of hydrogen-bond acceptors (Lipinski definition) is 5. The first-order valence-electron chi connectivity index (χ1n) is 12.6. The summed E-state index contributed by atoms with van der Waals surface area (Å²) >= 11 is 0. The Morgan fingerprint density at radius 2 is 1.23 bits per heavy atom. The van der Waals surface area contributed by atoms with Crippen LogP contribution in [0.15, 0.2) is 0 Å². The summed E-state index contributed by atoms with van der Waals surface area (Å²) < 4.78 is 27.7. The number of hydrogen-bond donors (Lipinski definition) is 1. The molecule has 0 aliphatic heterocycles. The van der Waals surface area contributed by atoms with Gasteiger partial charge in [-0.3, -0.25) is 9.36 Å². The van der Waals surface area contributed by atoms with Gasteiger partial charge in [-0.25, -0.2) is 4.79 Å². The fraction of sp³-hybridized carbons (Fsp3) is 0.917. The van der Waals surface area contributed by atoms with Crippen LogP contribution in [-0.4, -0.2) is 60.3 Å². The van der Waals surface area contributed by atoms with E-state index in [2.05, 4.69) is 75.4 Å². The summed E-state index contributed by atoms with van der Waals surface area (Å²) in [4.78, 5) is 26.6. The molecule has 2 amide bonds. The molecule has 7 nitrogen and oxygen atoms in total. The first-order chi connectivity index (χ1) is 15.0. The maximum absolute atomic E-state index is 13.7. The lowest BCUT2D eigenvalue weighted by atomic mass is 10.2. The van der Waals surface area contributed by atoms with Crippen LogP contribution in [0.5, 0.6) is 0 Å². The van der Waals surface area contributed by atoms with Gasteiger partial charge in [0.1, 0.15) is 6.04 Å². The molecule has 0 fully saturated rings. The largest absolute Gasteiger partial charge is 0.518 e. The second kappa shape index (κ2) is 10.8. The Kier molecular flexibility index (Phi) is 10.6. The molecular weight excluding hydrogens is 512 g/mol. The van der Waals surface area contributed by atoms with Gasteiger partial charge >= 0.3 is 12.0 Å². The quantitative estimate of drug-likeness (QED) is 0.229. The molecule has 0 aromatic rings. The minimum Gasteiger partial charge on any atom is -0.518 e. The number of carbonyl (C=O) groups excluding carboxylic acids is 2. The molecule has 0 spiro atoms. The number of urea groups is 1. The van der Waals surface area contributed by atoms with Crippen molar-refractivity contribution >= 4 is 44.2 Å². The van der Waals surface area contributed by atoms with E-state index < -0.39 is 50.3 Å². The molecule has 11 heteroatoms. The summed E-state index contributed by atoms with van der Waals surface area (Å²) in [5.74, 6) is -0.451. The van der Waals surface area contributed by atoms with Gasteiger partial charge in [0, 0.05) is 12.8 Å². The van der Waals surface area contributed by atoms with Crippen molar-refractivity contribution in [3.63, 3.8) is 0 Å². The average Bonchev–Trinajstić information content (AvgIpc) is 2.53. The van der Waals surface area contributed by atoms with Gasteiger partial charge < -0.3 is 18.9 Å². The summed E-state index contributed by atoms with van der Waals surface area (Å²) in [6, 6.07) is -1.54. The molecule has 0 bridgehead atoms. The van der Waals surface area contributed by atoms with Crippen LogP contribution in [0.3, 0.4) is 0 Å². The van der Waals surface area contributed by atoms with E-state index in [0.717, 1.165) is 0 Å². The predicted molar refractivity (Wildman–Crippen MR) is 157 cm³/mol. The third kappa shape index (κ3) is 8.83. The molecule has 0 heterocycles. The van der Waals surface area contributed by atoms with E-state index in [9.17, 15) is 14.2 Å². The van der Waals surface area contributed by atoms with Crippen molar-refractivity contribution in [2.75, 3.05) is 12.8 Å². The molecule has 0 aromatic heterocycles. The molecule has 0 saturated carbocycles. The third-order valence-corrected chi connectivity index (χ3v) is 26.2. The topological polar surface area (TPSA) is 98.9 Å². The Hall–Kier alpha value is -0.419. The fourth-order valence-electron chi connectivity index (χ4n) is 3.03. The number of carbonyl (C=O) groups is 2. The van der Waals surface area contributed by atoms with Crippen LogP contribution in [0.2, 0.25) is 54.4 Å².